The van der Waals surface area contributed by atoms with E-state index in [4.69, 9.17) is 10.5 Å². The van der Waals surface area contributed by atoms with E-state index in [1.54, 1.807) is 12.1 Å². The highest BCUT2D eigenvalue weighted by Gasteiger charge is 2.25. The largest absolute Gasteiger partial charge is 0.465 e. The van der Waals surface area contributed by atoms with Gasteiger partial charge in [-0.2, -0.15) is 0 Å². The van der Waals surface area contributed by atoms with Crippen LogP contribution in [0.15, 0.2) is 18.2 Å². The summed E-state index contributed by atoms with van der Waals surface area (Å²) in [6.45, 7) is 4.60. The van der Waals surface area contributed by atoms with E-state index in [2.05, 4.69) is 19.2 Å². The zero-order chi connectivity index (χ0) is 14.7. The van der Waals surface area contributed by atoms with E-state index in [9.17, 15) is 4.79 Å². The molecular formula is C16H24N2O2. The number of rotatable bonds is 3. The summed E-state index contributed by atoms with van der Waals surface area (Å²) >= 11 is 0. The summed E-state index contributed by atoms with van der Waals surface area (Å²) in [4.78, 5) is 11.5. The Kier molecular flexibility index (Phi) is 4.53. The molecule has 4 nitrogen and oxygen atoms in total. The van der Waals surface area contributed by atoms with Crippen LogP contribution in [0.3, 0.4) is 0 Å². The molecule has 1 saturated carbocycles. The Bertz CT molecular complexity index is 487. The Balaban J connectivity index is 2.08. The van der Waals surface area contributed by atoms with Crippen molar-refractivity contribution in [3.05, 3.63) is 23.8 Å². The van der Waals surface area contributed by atoms with Gasteiger partial charge in [-0.3, -0.25) is 0 Å². The number of carbonyl (C=O) groups is 1. The molecular weight excluding hydrogens is 252 g/mol. The summed E-state index contributed by atoms with van der Waals surface area (Å²) in [6.07, 6.45) is 3.67. The van der Waals surface area contributed by atoms with E-state index in [1.165, 1.54) is 26.4 Å². The van der Waals surface area contributed by atoms with Crippen LogP contribution in [-0.2, 0) is 4.74 Å². The van der Waals surface area contributed by atoms with Gasteiger partial charge in [0.1, 0.15) is 0 Å². The Morgan fingerprint density at radius 3 is 2.70 bits per heavy atom. The normalized spacial score (nSPS) is 26.1. The van der Waals surface area contributed by atoms with Crippen molar-refractivity contribution in [3.63, 3.8) is 0 Å². The van der Waals surface area contributed by atoms with Gasteiger partial charge in [-0.15, -0.1) is 0 Å². The van der Waals surface area contributed by atoms with Crippen LogP contribution in [0.25, 0.3) is 0 Å². The maximum atomic E-state index is 11.5. The average Bonchev–Trinajstić information content (AvgIpc) is 2.42. The average molecular weight is 276 g/mol. The predicted octanol–water partition coefficient (Wildman–Crippen LogP) is 3.29. The van der Waals surface area contributed by atoms with Crippen molar-refractivity contribution in [2.75, 3.05) is 18.2 Å². The smallest absolute Gasteiger partial charge is 0.337 e. The second-order valence-corrected chi connectivity index (χ2v) is 5.94. The Morgan fingerprint density at radius 2 is 2.10 bits per heavy atom. The third-order valence-corrected chi connectivity index (χ3v) is 4.25. The number of nitrogen functional groups attached to an aromatic ring is 1. The van der Waals surface area contributed by atoms with E-state index >= 15 is 0 Å². The molecule has 0 heterocycles. The zero-order valence-electron chi connectivity index (χ0n) is 12.5. The van der Waals surface area contributed by atoms with Gasteiger partial charge >= 0.3 is 5.97 Å². The standard InChI is InChI=1S/C16H24N2O2/c1-10-4-6-14(11(2)8-10)18-15-7-5-12(9-13(15)17)16(19)20-3/h5,7,9-11,14,18H,4,6,8,17H2,1-3H3. The van der Waals surface area contributed by atoms with Crippen LogP contribution in [0, 0.1) is 11.8 Å². The first-order chi connectivity index (χ1) is 9.51. The topological polar surface area (TPSA) is 64.3 Å². The molecule has 3 unspecified atom stereocenters. The Labute approximate surface area is 120 Å². The van der Waals surface area contributed by atoms with Crippen molar-refractivity contribution < 1.29 is 9.53 Å². The summed E-state index contributed by atoms with van der Waals surface area (Å²) in [5.41, 5.74) is 8.02. The highest BCUT2D eigenvalue weighted by atomic mass is 16.5. The molecule has 0 bridgehead atoms. The van der Waals surface area contributed by atoms with Gasteiger partial charge < -0.3 is 15.8 Å². The van der Waals surface area contributed by atoms with Crippen molar-refractivity contribution in [1.82, 2.24) is 0 Å². The highest BCUT2D eigenvalue weighted by molar-refractivity contribution is 5.91. The number of esters is 1. The molecule has 1 aliphatic rings. The number of methoxy groups -OCH3 is 1. The molecule has 2 rings (SSSR count). The highest BCUT2D eigenvalue weighted by Crippen LogP contribution is 2.32. The van der Waals surface area contributed by atoms with Crippen molar-refractivity contribution in [2.24, 2.45) is 11.8 Å². The summed E-state index contributed by atoms with van der Waals surface area (Å²) in [5.74, 6) is 1.09. The maximum absolute atomic E-state index is 11.5. The lowest BCUT2D eigenvalue weighted by Gasteiger charge is -2.34. The van der Waals surface area contributed by atoms with Crippen molar-refractivity contribution in [3.8, 4) is 0 Å². The molecule has 1 aliphatic carbocycles. The zero-order valence-corrected chi connectivity index (χ0v) is 12.5. The number of anilines is 2. The lowest BCUT2D eigenvalue weighted by atomic mass is 9.80. The molecule has 4 heteroatoms. The van der Waals surface area contributed by atoms with Gasteiger partial charge in [0.15, 0.2) is 0 Å². The Morgan fingerprint density at radius 1 is 1.35 bits per heavy atom. The van der Waals surface area contributed by atoms with E-state index in [1.807, 2.05) is 6.07 Å². The van der Waals surface area contributed by atoms with Gasteiger partial charge in [0, 0.05) is 6.04 Å². The van der Waals surface area contributed by atoms with Crippen LogP contribution < -0.4 is 11.1 Å². The van der Waals surface area contributed by atoms with Crippen molar-refractivity contribution in [1.29, 1.82) is 0 Å². The number of hydrogen-bond donors (Lipinski definition) is 2. The van der Waals surface area contributed by atoms with Crippen molar-refractivity contribution in [2.45, 2.75) is 39.2 Å². The van der Waals surface area contributed by atoms with Gasteiger partial charge in [-0.1, -0.05) is 13.8 Å². The fourth-order valence-electron chi connectivity index (χ4n) is 3.02. The molecule has 1 aromatic rings. The van der Waals surface area contributed by atoms with Crippen LogP contribution in [0.1, 0.15) is 43.5 Å². The molecule has 0 saturated heterocycles. The molecule has 3 atom stereocenters. The molecule has 1 fully saturated rings. The molecule has 1 aromatic carbocycles. The number of hydrogen-bond acceptors (Lipinski definition) is 4. The summed E-state index contributed by atoms with van der Waals surface area (Å²) in [6, 6.07) is 5.74. The van der Waals surface area contributed by atoms with E-state index < -0.39 is 0 Å². The molecule has 20 heavy (non-hydrogen) atoms. The van der Waals surface area contributed by atoms with Crippen LogP contribution in [0.4, 0.5) is 11.4 Å². The number of ether oxygens (including phenoxy) is 1. The van der Waals surface area contributed by atoms with Gasteiger partial charge in [-0.25, -0.2) is 4.79 Å². The lowest BCUT2D eigenvalue weighted by molar-refractivity contribution is 0.0601. The van der Waals surface area contributed by atoms with Crippen LogP contribution in [-0.4, -0.2) is 19.1 Å². The molecule has 0 spiro atoms. The molecule has 0 aromatic heterocycles. The Hall–Kier alpha value is -1.71. The van der Waals surface area contributed by atoms with Gasteiger partial charge in [0.2, 0.25) is 0 Å². The van der Waals surface area contributed by atoms with Crippen molar-refractivity contribution >= 4 is 17.3 Å². The third-order valence-electron chi connectivity index (χ3n) is 4.25. The minimum atomic E-state index is -0.358. The molecule has 0 amide bonds. The quantitative estimate of drug-likeness (QED) is 0.657. The SMILES string of the molecule is COC(=O)c1ccc(NC2CCC(C)CC2C)c(N)c1. The lowest BCUT2D eigenvalue weighted by Crippen LogP contribution is -2.33. The van der Waals surface area contributed by atoms with Gasteiger partial charge in [0.05, 0.1) is 24.0 Å². The van der Waals surface area contributed by atoms with E-state index in [0.717, 1.165) is 11.6 Å². The molecule has 0 radical (unpaired) electrons. The van der Waals surface area contributed by atoms with Crippen LogP contribution in [0.2, 0.25) is 0 Å². The number of carbonyl (C=O) groups excluding carboxylic acids is 1. The number of nitrogens with two attached hydrogens (primary N) is 1. The maximum Gasteiger partial charge on any atom is 0.337 e. The van der Waals surface area contributed by atoms with E-state index in [0.29, 0.717) is 23.2 Å². The summed E-state index contributed by atoms with van der Waals surface area (Å²) in [7, 11) is 1.37. The second-order valence-electron chi connectivity index (χ2n) is 5.94. The van der Waals surface area contributed by atoms with E-state index in [-0.39, 0.29) is 5.97 Å². The van der Waals surface area contributed by atoms with Crippen LogP contribution >= 0.6 is 0 Å². The minimum Gasteiger partial charge on any atom is -0.465 e. The monoisotopic (exact) mass is 276 g/mol. The summed E-state index contributed by atoms with van der Waals surface area (Å²) in [5, 5.41) is 3.53. The molecule has 3 N–H and O–H groups in total. The first kappa shape index (κ1) is 14.7. The van der Waals surface area contributed by atoms with Gasteiger partial charge in [-0.05, 0) is 49.3 Å². The first-order valence-electron chi connectivity index (χ1n) is 7.25. The van der Waals surface area contributed by atoms with Gasteiger partial charge in [0.25, 0.3) is 0 Å². The minimum absolute atomic E-state index is 0.358. The fraction of sp³-hybridized carbons (Fsp3) is 0.562. The first-order valence-corrected chi connectivity index (χ1v) is 7.25. The summed E-state index contributed by atoms with van der Waals surface area (Å²) < 4.78 is 4.70. The second kappa shape index (κ2) is 6.16. The fourth-order valence-corrected chi connectivity index (χ4v) is 3.02. The number of benzene rings is 1. The molecule has 0 aliphatic heterocycles. The molecule has 110 valence electrons. The number of nitrogens with one attached hydrogen (secondary N) is 1. The predicted molar refractivity (Wildman–Crippen MR) is 81.8 cm³/mol. The van der Waals surface area contributed by atoms with Crippen LogP contribution in [0.5, 0.6) is 0 Å². The third kappa shape index (κ3) is 3.24.